The Morgan fingerprint density at radius 2 is 1.79 bits per heavy atom. The number of aliphatic hydroxyl groups excluding tert-OH is 1. The summed E-state index contributed by atoms with van der Waals surface area (Å²) in [7, 11) is -3.85. The lowest BCUT2D eigenvalue weighted by atomic mass is 9.84. The summed E-state index contributed by atoms with van der Waals surface area (Å²) in [5, 5.41) is 16.4. The van der Waals surface area contributed by atoms with Gasteiger partial charge in [0.05, 0.1) is 17.3 Å². The number of ether oxygens (including phenoxy) is 2. The number of hydrogen-bond acceptors (Lipinski definition) is 8. The van der Waals surface area contributed by atoms with Gasteiger partial charge in [-0.25, -0.2) is 13.4 Å². The van der Waals surface area contributed by atoms with Crippen molar-refractivity contribution in [2.75, 3.05) is 25.5 Å². The molecule has 1 aliphatic heterocycles. The van der Waals surface area contributed by atoms with Crippen LogP contribution >= 0.6 is 11.6 Å². The van der Waals surface area contributed by atoms with E-state index in [9.17, 15) is 18.7 Å². The third-order valence-corrected chi connectivity index (χ3v) is 9.81. The van der Waals surface area contributed by atoms with Gasteiger partial charge in [0.2, 0.25) is 5.90 Å². The molecule has 13 heteroatoms. The third-order valence-electron chi connectivity index (χ3n) is 7.84. The summed E-state index contributed by atoms with van der Waals surface area (Å²) in [6, 6.07) is 28.8. The van der Waals surface area contributed by atoms with Crippen molar-refractivity contribution in [1.29, 1.82) is 0 Å². The van der Waals surface area contributed by atoms with Gasteiger partial charge in [-0.3, -0.25) is 4.79 Å². The van der Waals surface area contributed by atoms with Crippen LogP contribution in [0.3, 0.4) is 0 Å². The number of aliphatic hydroxyl groups is 1. The topological polar surface area (TPSA) is 163 Å². The molecule has 5 rings (SSSR count). The Labute approximate surface area is 283 Å². The number of aliphatic imine (C=N–C) groups is 1. The number of amides is 1. The quantitative estimate of drug-likeness (QED) is 0.0625. The summed E-state index contributed by atoms with van der Waals surface area (Å²) in [5.74, 6) is -0.293. The van der Waals surface area contributed by atoms with E-state index >= 15 is 0 Å². The molecule has 1 amide bonds. The van der Waals surface area contributed by atoms with Gasteiger partial charge < -0.3 is 19.9 Å². The number of nitrogens with one attached hydrogen (secondary N) is 1. The Morgan fingerprint density at radius 1 is 1.04 bits per heavy atom. The molecule has 0 spiro atoms. The molecule has 0 bridgehead atoms. The Bertz CT molecular complexity index is 1920. The molecule has 0 aromatic heterocycles. The first-order valence-corrected chi connectivity index (χ1v) is 17.3. The minimum atomic E-state index is -3.85. The van der Waals surface area contributed by atoms with Gasteiger partial charge in [-0.15, -0.1) is 0 Å². The van der Waals surface area contributed by atoms with E-state index in [0.717, 1.165) is 5.56 Å². The zero-order valence-corrected chi connectivity index (χ0v) is 27.5. The maximum Gasteiger partial charge on any atom is 0.252 e. The van der Waals surface area contributed by atoms with Crippen LogP contribution in [0.1, 0.15) is 35.6 Å². The van der Waals surface area contributed by atoms with Crippen LogP contribution in [-0.4, -0.2) is 56.4 Å². The number of halogens is 1. The lowest BCUT2D eigenvalue weighted by Gasteiger charge is -2.31. The molecular formula is C35H34ClN5O6S. The van der Waals surface area contributed by atoms with Crippen LogP contribution in [0.5, 0.6) is 5.75 Å². The highest BCUT2D eigenvalue weighted by molar-refractivity contribution is 7.91. The largest absolute Gasteiger partial charge is 0.494 e. The van der Waals surface area contributed by atoms with Gasteiger partial charge in [-0.05, 0) is 66.0 Å². The van der Waals surface area contributed by atoms with E-state index in [-0.39, 0.29) is 36.1 Å². The van der Waals surface area contributed by atoms with Gasteiger partial charge in [0, 0.05) is 52.7 Å². The minimum absolute atomic E-state index is 0.00464. The number of nitrogens with zero attached hydrogens (tertiary/aromatic N) is 4. The number of azide groups is 1. The van der Waals surface area contributed by atoms with Gasteiger partial charge in [-0.1, -0.05) is 71.3 Å². The molecule has 11 nitrogen and oxygen atoms in total. The SMILES string of the molecule is [N-]=[N+]=Nc1ccccc1[C@H]1OC(c2ccc(OCCCO)cc2)=N[C@@]1(CCS(=O)(=O)c1ccccc1)C(=O)NCCc1cccc(Cl)c1. The predicted molar refractivity (Wildman–Crippen MR) is 183 cm³/mol. The molecule has 248 valence electrons. The molecule has 1 heterocycles. The van der Waals surface area contributed by atoms with Crippen molar-refractivity contribution in [2.24, 2.45) is 10.1 Å². The smallest absolute Gasteiger partial charge is 0.252 e. The highest BCUT2D eigenvalue weighted by Gasteiger charge is 2.54. The van der Waals surface area contributed by atoms with E-state index in [1.165, 1.54) is 12.1 Å². The number of benzene rings is 4. The monoisotopic (exact) mass is 687 g/mol. The van der Waals surface area contributed by atoms with Crippen LogP contribution in [0.15, 0.2) is 118 Å². The lowest BCUT2D eigenvalue weighted by molar-refractivity contribution is -0.129. The highest BCUT2D eigenvalue weighted by atomic mass is 35.5. The second-order valence-electron chi connectivity index (χ2n) is 11.1. The van der Waals surface area contributed by atoms with Crippen molar-refractivity contribution in [3.05, 3.63) is 135 Å². The predicted octanol–water partition coefficient (Wildman–Crippen LogP) is 6.52. The molecule has 0 saturated heterocycles. The Balaban J connectivity index is 1.56. The molecule has 0 aliphatic carbocycles. The Kier molecular flexibility index (Phi) is 11.4. The van der Waals surface area contributed by atoms with Crippen molar-refractivity contribution in [3.8, 4) is 5.75 Å². The molecule has 4 aromatic rings. The van der Waals surface area contributed by atoms with Gasteiger partial charge in [0.1, 0.15) is 5.75 Å². The first kappa shape index (κ1) is 34.5. The normalized spacial score (nSPS) is 17.1. The molecule has 1 aliphatic rings. The standard InChI is InChI=1S/C35H34ClN5O6S/c36-27-9-6-8-25(24-27)18-20-38-34(43)35(19-23-48(44,45)29-10-2-1-3-11-29)32(30-12-4-5-13-31(30)40-41-37)47-33(39-35)26-14-16-28(17-15-26)46-22-7-21-42/h1-6,8-17,24,32,42H,7,18-23H2,(H,38,43)/t32-,35-/m1/s1. The van der Waals surface area contributed by atoms with Crippen molar-refractivity contribution in [2.45, 2.75) is 35.8 Å². The second-order valence-corrected chi connectivity index (χ2v) is 13.6. The van der Waals surface area contributed by atoms with Gasteiger partial charge in [0.15, 0.2) is 21.5 Å². The minimum Gasteiger partial charge on any atom is -0.494 e. The van der Waals surface area contributed by atoms with Crippen LogP contribution in [0, 0.1) is 0 Å². The maximum absolute atomic E-state index is 14.4. The highest BCUT2D eigenvalue weighted by Crippen LogP contribution is 2.46. The lowest BCUT2D eigenvalue weighted by Crippen LogP contribution is -2.49. The Hall–Kier alpha value is -4.87. The van der Waals surface area contributed by atoms with E-state index in [2.05, 4.69) is 15.3 Å². The van der Waals surface area contributed by atoms with Crippen LogP contribution in [0.25, 0.3) is 10.4 Å². The summed E-state index contributed by atoms with van der Waals surface area (Å²) < 4.78 is 39.3. The van der Waals surface area contributed by atoms with E-state index in [1.54, 1.807) is 78.9 Å². The molecule has 0 fully saturated rings. The summed E-state index contributed by atoms with van der Waals surface area (Å²) in [5.41, 5.74) is 9.58. The van der Waals surface area contributed by atoms with Crippen molar-refractivity contribution in [3.63, 3.8) is 0 Å². The van der Waals surface area contributed by atoms with E-state index in [4.69, 9.17) is 31.2 Å². The summed E-state index contributed by atoms with van der Waals surface area (Å²) in [4.78, 5) is 22.4. The van der Waals surface area contributed by atoms with Crippen molar-refractivity contribution < 1.29 is 27.8 Å². The number of rotatable bonds is 15. The Morgan fingerprint density at radius 3 is 2.52 bits per heavy atom. The molecule has 0 saturated carbocycles. The van der Waals surface area contributed by atoms with E-state index < -0.39 is 33.1 Å². The van der Waals surface area contributed by atoms with Crippen molar-refractivity contribution >= 4 is 38.9 Å². The molecule has 4 aromatic carbocycles. The molecular weight excluding hydrogens is 654 g/mol. The van der Waals surface area contributed by atoms with Gasteiger partial charge >= 0.3 is 0 Å². The van der Waals surface area contributed by atoms with Crippen LogP contribution in [0.4, 0.5) is 5.69 Å². The molecule has 0 radical (unpaired) electrons. The van der Waals surface area contributed by atoms with Gasteiger partial charge in [-0.2, -0.15) is 0 Å². The maximum atomic E-state index is 14.4. The fourth-order valence-corrected chi connectivity index (χ4v) is 7.00. The van der Waals surface area contributed by atoms with Crippen LogP contribution in [0.2, 0.25) is 5.02 Å². The van der Waals surface area contributed by atoms with E-state index in [1.807, 2.05) is 12.1 Å². The molecule has 0 unspecified atom stereocenters. The number of sulfone groups is 1. The first-order valence-electron chi connectivity index (χ1n) is 15.3. The summed E-state index contributed by atoms with van der Waals surface area (Å²) in [6.45, 7) is 0.548. The van der Waals surface area contributed by atoms with Crippen molar-refractivity contribution in [1.82, 2.24) is 5.32 Å². The summed E-state index contributed by atoms with van der Waals surface area (Å²) in [6.07, 6.45) is -0.453. The first-order chi connectivity index (χ1) is 23.3. The fraction of sp³-hybridized carbons (Fsp3) is 0.257. The fourth-order valence-electron chi connectivity index (χ4n) is 5.40. The van der Waals surface area contributed by atoms with Crippen LogP contribution < -0.4 is 10.1 Å². The van der Waals surface area contributed by atoms with E-state index in [0.29, 0.717) is 41.3 Å². The zero-order valence-electron chi connectivity index (χ0n) is 25.9. The third kappa shape index (κ3) is 8.15. The average molecular weight is 688 g/mol. The molecule has 48 heavy (non-hydrogen) atoms. The zero-order chi connectivity index (χ0) is 34.0. The van der Waals surface area contributed by atoms with Crippen LogP contribution in [-0.2, 0) is 25.8 Å². The number of carbonyl (C=O) groups excluding carboxylic acids is 1. The molecule has 2 atom stereocenters. The molecule has 2 N–H and O–H groups in total. The van der Waals surface area contributed by atoms with Gasteiger partial charge in [0.25, 0.3) is 5.91 Å². The average Bonchev–Trinajstić information content (AvgIpc) is 3.49. The second kappa shape index (κ2) is 15.8. The number of carbonyl (C=O) groups is 1. The number of hydrogen-bond donors (Lipinski definition) is 2. The summed E-state index contributed by atoms with van der Waals surface area (Å²) >= 11 is 6.16.